The molecule has 0 N–H and O–H groups in total. The number of nitrogens with zero attached hydrogens (tertiary/aromatic N) is 2. The lowest BCUT2D eigenvalue weighted by molar-refractivity contribution is -0.140. The summed E-state index contributed by atoms with van der Waals surface area (Å²) in [4.78, 5) is 38.0. The zero-order valence-corrected chi connectivity index (χ0v) is 16.8. The largest absolute Gasteiger partial charge is 0.465 e. The van der Waals surface area contributed by atoms with E-state index in [1.807, 2.05) is 0 Å². The number of hydrogen-bond donors (Lipinski definition) is 0. The third-order valence-corrected chi connectivity index (χ3v) is 7.16. The molecule has 7 nitrogen and oxygen atoms in total. The van der Waals surface area contributed by atoms with E-state index in [9.17, 15) is 14.4 Å². The van der Waals surface area contributed by atoms with E-state index in [0.29, 0.717) is 34.5 Å². The fraction of sp³-hybridized carbons (Fsp3) is 0.333. The van der Waals surface area contributed by atoms with Crippen LogP contribution in [0.4, 0.5) is 0 Å². The van der Waals surface area contributed by atoms with Gasteiger partial charge in [-0.25, -0.2) is 4.79 Å². The molecule has 31 heavy (non-hydrogen) atoms. The summed E-state index contributed by atoms with van der Waals surface area (Å²) < 4.78 is 10.6. The molecule has 7 heteroatoms. The number of carbonyl (C=O) groups is 3. The van der Waals surface area contributed by atoms with E-state index in [-0.39, 0.29) is 35.5 Å². The molecule has 2 bridgehead atoms. The van der Waals surface area contributed by atoms with Crippen LogP contribution in [0, 0.1) is 35.5 Å². The first-order chi connectivity index (χ1) is 15.1. The van der Waals surface area contributed by atoms with Gasteiger partial charge in [-0.2, -0.15) is 10.1 Å². The fourth-order valence-corrected chi connectivity index (χ4v) is 5.72. The number of furan rings is 1. The number of hydrazone groups is 1. The highest BCUT2D eigenvalue weighted by Crippen LogP contribution is 2.65. The minimum Gasteiger partial charge on any atom is -0.465 e. The topological polar surface area (TPSA) is 89.2 Å². The Morgan fingerprint density at radius 3 is 2.42 bits per heavy atom. The average Bonchev–Trinajstić information content (AvgIpc) is 3.44. The Morgan fingerprint density at radius 2 is 1.74 bits per heavy atom. The van der Waals surface area contributed by atoms with Gasteiger partial charge in [-0.15, -0.1) is 0 Å². The van der Waals surface area contributed by atoms with Crippen molar-refractivity contribution in [2.24, 2.45) is 40.6 Å². The first-order valence-electron chi connectivity index (χ1n) is 10.5. The Kier molecular flexibility index (Phi) is 3.84. The molecule has 0 radical (unpaired) electrons. The third kappa shape index (κ3) is 2.59. The van der Waals surface area contributed by atoms with Crippen LogP contribution in [0.15, 0.2) is 58.1 Å². The lowest BCUT2D eigenvalue weighted by Gasteiger charge is -2.37. The summed E-state index contributed by atoms with van der Waals surface area (Å²) in [6.07, 6.45) is 6.78. The van der Waals surface area contributed by atoms with E-state index < -0.39 is 5.97 Å². The van der Waals surface area contributed by atoms with Crippen LogP contribution >= 0.6 is 0 Å². The molecule has 156 valence electrons. The third-order valence-electron chi connectivity index (χ3n) is 7.16. The van der Waals surface area contributed by atoms with Crippen molar-refractivity contribution in [1.82, 2.24) is 5.01 Å². The molecule has 2 amide bonds. The van der Waals surface area contributed by atoms with Crippen molar-refractivity contribution >= 4 is 24.0 Å². The SMILES string of the molecule is COC(=O)c1ccccc1-c1ccc(/C=N\N2C(=O)[C@@H]3[C@H]4C=C[C@@H]([C@@H]5C[C@H]45)[C@H]3C2=O)o1. The van der Waals surface area contributed by atoms with Crippen LogP contribution in [-0.2, 0) is 14.3 Å². The highest BCUT2D eigenvalue weighted by molar-refractivity contribution is 6.06. The molecule has 5 aliphatic rings. The molecule has 0 unspecified atom stereocenters. The Hall–Kier alpha value is -3.48. The van der Waals surface area contributed by atoms with Gasteiger partial charge in [0.2, 0.25) is 0 Å². The average molecular weight is 416 g/mol. The highest BCUT2D eigenvalue weighted by Gasteiger charge is 2.67. The number of ether oxygens (including phenoxy) is 1. The number of hydrogen-bond acceptors (Lipinski definition) is 6. The Morgan fingerprint density at radius 1 is 1.06 bits per heavy atom. The monoisotopic (exact) mass is 416 g/mol. The maximum Gasteiger partial charge on any atom is 0.338 e. The molecule has 4 aliphatic carbocycles. The molecule has 2 aromatic rings. The van der Waals surface area contributed by atoms with Crippen LogP contribution in [0.1, 0.15) is 22.5 Å². The maximum atomic E-state index is 13.0. The molecular weight excluding hydrogens is 396 g/mol. The van der Waals surface area contributed by atoms with E-state index in [0.717, 1.165) is 11.4 Å². The second kappa shape index (κ2) is 6.51. The number of imide groups is 1. The number of rotatable bonds is 4. The van der Waals surface area contributed by atoms with E-state index in [1.165, 1.54) is 13.3 Å². The molecule has 1 saturated heterocycles. The molecule has 1 aromatic heterocycles. The predicted molar refractivity (Wildman–Crippen MR) is 110 cm³/mol. The van der Waals surface area contributed by atoms with Gasteiger partial charge in [0.25, 0.3) is 11.8 Å². The summed E-state index contributed by atoms with van der Waals surface area (Å²) in [6.45, 7) is 0. The summed E-state index contributed by atoms with van der Waals surface area (Å²) in [5.41, 5.74) is 0.980. The zero-order valence-electron chi connectivity index (χ0n) is 16.8. The molecule has 2 saturated carbocycles. The Labute approximate surface area is 178 Å². The second-order valence-electron chi connectivity index (χ2n) is 8.63. The number of amides is 2. The molecule has 0 spiro atoms. The van der Waals surface area contributed by atoms with Crippen molar-refractivity contribution < 1.29 is 23.5 Å². The lowest BCUT2D eigenvalue weighted by Crippen LogP contribution is -2.40. The highest BCUT2D eigenvalue weighted by atomic mass is 16.5. The van der Waals surface area contributed by atoms with E-state index >= 15 is 0 Å². The normalized spacial score (nSPS) is 32.5. The van der Waals surface area contributed by atoms with Crippen molar-refractivity contribution in [2.45, 2.75) is 6.42 Å². The van der Waals surface area contributed by atoms with Gasteiger partial charge in [-0.1, -0.05) is 30.4 Å². The van der Waals surface area contributed by atoms with Gasteiger partial charge in [-0.05, 0) is 48.3 Å². The van der Waals surface area contributed by atoms with Crippen LogP contribution in [0.5, 0.6) is 0 Å². The number of esters is 1. The van der Waals surface area contributed by atoms with Gasteiger partial charge in [0.05, 0.1) is 30.7 Å². The van der Waals surface area contributed by atoms with Crippen molar-refractivity contribution in [3.8, 4) is 11.3 Å². The first kappa shape index (κ1) is 18.3. The zero-order chi connectivity index (χ0) is 21.3. The van der Waals surface area contributed by atoms with Gasteiger partial charge in [0.15, 0.2) is 0 Å². The molecular formula is C24H20N2O5. The van der Waals surface area contributed by atoms with Gasteiger partial charge in [0.1, 0.15) is 11.5 Å². The quantitative estimate of drug-likeness (QED) is 0.331. The van der Waals surface area contributed by atoms with Crippen LogP contribution in [-0.4, -0.2) is 36.1 Å². The fourth-order valence-electron chi connectivity index (χ4n) is 5.72. The van der Waals surface area contributed by atoms with Crippen LogP contribution in [0.2, 0.25) is 0 Å². The molecule has 7 rings (SSSR count). The van der Waals surface area contributed by atoms with Crippen LogP contribution in [0.3, 0.4) is 0 Å². The Balaban J connectivity index is 1.25. The molecule has 6 atom stereocenters. The number of methoxy groups -OCH3 is 1. The molecule has 1 aliphatic heterocycles. The van der Waals surface area contributed by atoms with Crippen molar-refractivity contribution in [2.75, 3.05) is 7.11 Å². The van der Waals surface area contributed by atoms with Crippen molar-refractivity contribution in [3.05, 3.63) is 59.9 Å². The van der Waals surface area contributed by atoms with Crippen molar-refractivity contribution in [3.63, 3.8) is 0 Å². The minimum atomic E-state index is -0.459. The van der Waals surface area contributed by atoms with E-state index in [2.05, 4.69) is 17.3 Å². The molecule has 1 aromatic carbocycles. The van der Waals surface area contributed by atoms with Crippen LogP contribution in [0.25, 0.3) is 11.3 Å². The van der Waals surface area contributed by atoms with Gasteiger partial charge in [-0.3, -0.25) is 9.59 Å². The lowest BCUT2D eigenvalue weighted by atomic mass is 9.63. The smallest absolute Gasteiger partial charge is 0.338 e. The molecule has 2 heterocycles. The van der Waals surface area contributed by atoms with Gasteiger partial charge < -0.3 is 9.15 Å². The minimum absolute atomic E-state index is 0.168. The number of benzene rings is 1. The van der Waals surface area contributed by atoms with Gasteiger partial charge in [0, 0.05) is 5.56 Å². The molecule has 3 fully saturated rings. The Bertz CT molecular complexity index is 1140. The summed E-state index contributed by atoms with van der Waals surface area (Å²) in [5.74, 6) is 0.871. The van der Waals surface area contributed by atoms with Crippen LogP contribution < -0.4 is 0 Å². The van der Waals surface area contributed by atoms with E-state index in [1.54, 1.807) is 36.4 Å². The summed E-state index contributed by atoms with van der Waals surface area (Å²) in [6, 6.07) is 10.4. The maximum absolute atomic E-state index is 13.0. The van der Waals surface area contributed by atoms with Gasteiger partial charge >= 0.3 is 5.97 Å². The first-order valence-corrected chi connectivity index (χ1v) is 10.5. The summed E-state index contributed by atoms with van der Waals surface area (Å²) >= 11 is 0. The second-order valence-corrected chi connectivity index (χ2v) is 8.63. The standard InChI is InChI=1S/C24H20N2O5/c1-30-24(29)16-5-3-2-4-13(16)19-9-6-12(31-19)11-25-26-22(27)20-14-7-8-15(18-10-17(14)18)21(20)23(26)28/h2-9,11,14-15,17-18,20-21H,10H2,1H3/b25-11-/t14-,15-,17-,18+,20+,21+/m0/s1. The summed E-state index contributed by atoms with van der Waals surface area (Å²) in [5, 5.41) is 5.22. The summed E-state index contributed by atoms with van der Waals surface area (Å²) in [7, 11) is 1.33. The predicted octanol–water partition coefficient (Wildman–Crippen LogP) is 3.12. The number of allylic oxidation sites excluding steroid dienone is 2. The number of carbonyl (C=O) groups excluding carboxylic acids is 3. The van der Waals surface area contributed by atoms with Crippen molar-refractivity contribution in [1.29, 1.82) is 0 Å². The van der Waals surface area contributed by atoms with E-state index in [4.69, 9.17) is 9.15 Å².